The van der Waals surface area contributed by atoms with Crippen LogP contribution < -0.4 is 15.1 Å². The number of fused-ring (bicyclic) bond motifs is 2. The first kappa shape index (κ1) is 23.0. The number of hydrogen-bond acceptors (Lipinski definition) is 7. The summed E-state index contributed by atoms with van der Waals surface area (Å²) < 4.78 is 26.1. The second kappa shape index (κ2) is 10.2. The molecule has 0 amide bonds. The Morgan fingerprint density at radius 1 is 0.771 bits per heavy atom. The second-order valence-electron chi connectivity index (χ2n) is 8.63. The Morgan fingerprint density at radius 2 is 1.29 bits per heavy atom. The van der Waals surface area contributed by atoms with E-state index in [2.05, 4.69) is 46.5 Å². The average Bonchev–Trinajstić information content (AvgIpc) is 3.49. The predicted molar refractivity (Wildman–Crippen MR) is 131 cm³/mol. The lowest BCUT2D eigenvalue weighted by atomic mass is 10.2. The lowest BCUT2D eigenvalue weighted by Crippen LogP contribution is -2.46. The van der Waals surface area contributed by atoms with Crippen LogP contribution in [0.1, 0.15) is 0 Å². The van der Waals surface area contributed by atoms with Crippen LogP contribution in [0.3, 0.4) is 0 Å². The van der Waals surface area contributed by atoms with Gasteiger partial charge in [-0.1, -0.05) is 0 Å². The molecule has 182 valence electrons. The molecule has 2 saturated heterocycles. The molecule has 4 aromatic rings. The van der Waals surface area contributed by atoms with Crippen LogP contribution in [0.25, 0.3) is 21.8 Å². The van der Waals surface area contributed by atoms with Gasteiger partial charge >= 0.3 is 0 Å². The molecule has 6 rings (SSSR count). The van der Waals surface area contributed by atoms with E-state index in [1.807, 2.05) is 0 Å². The molecule has 0 radical (unpaired) electrons. The van der Waals surface area contributed by atoms with E-state index in [0.717, 1.165) is 85.8 Å². The van der Waals surface area contributed by atoms with Gasteiger partial charge in [0.25, 0.3) is 0 Å². The highest BCUT2D eigenvalue weighted by Gasteiger charge is 2.20. The van der Waals surface area contributed by atoms with Crippen molar-refractivity contribution in [2.45, 2.75) is 0 Å². The fourth-order valence-electron chi connectivity index (χ4n) is 4.53. The zero-order chi connectivity index (χ0) is 24.2. The van der Waals surface area contributed by atoms with Gasteiger partial charge < -0.3 is 15.1 Å². The first-order valence-electron chi connectivity index (χ1n) is 11.7. The molecule has 35 heavy (non-hydrogen) atoms. The predicted octanol–water partition coefficient (Wildman–Crippen LogP) is 2.46. The summed E-state index contributed by atoms with van der Waals surface area (Å²) in [4.78, 5) is 6.50. The summed E-state index contributed by atoms with van der Waals surface area (Å²) in [7, 11) is 0. The summed E-state index contributed by atoms with van der Waals surface area (Å²) in [6, 6.07) is 11.6. The normalized spacial score (nSPS) is 16.8. The van der Waals surface area contributed by atoms with E-state index < -0.39 is 0 Å². The van der Waals surface area contributed by atoms with Crippen molar-refractivity contribution in [3.05, 3.63) is 48.0 Å². The maximum absolute atomic E-state index is 13.1. The SMILES string of the molecule is Fc1ccc2c(N3CCNCC3)n[nH]c2c1.N#CCN1CCN(c2n[nH]c3cc(F)ccc23)CC1. The summed E-state index contributed by atoms with van der Waals surface area (Å²) in [5.41, 5.74) is 1.47. The molecule has 0 saturated carbocycles. The summed E-state index contributed by atoms with van der Waals surface area (Å²) >= 11 is 0. The molecule has 2 aliphatic rings. The summed E-state index contributed by atoms with van der Waals surface area (Å²) in [6.45, 7) is 7.66. The van der Waals surface area contributed by atoms with Crippen LogP contribution >= 0.6 is 0 Å². The number of H-pyrrole nitrogens is 2. The summed E-state index contributed by atoms with van der Waals surface area (Å²) in [5.74, 6) is 1.30. The molecular formula is C24H27F2N9. The van der Waals surface area contributed by atoms with Crippen molar-refractivity contribution in [3.8, 4) is 6.07 Å². The summed E-state index contributed by atoms with van der Waals surface area (Å²) in [5, 5.41) is 28.2. The average molecular weight is 480 g/mol. The number of halogens is 2. The zero-order valence-electron chi connectivity index (χ0n) is 19.3. The van der Waals surface area contributed by atoms with Crippen LogP contribution in [0.15, 0.2) is 36.4 Å². The lowest BCUT2D eigenvalue weighted by molar-refractivity contribution is 0.286. The third-order valence-electron chi connectivity index (χ3n) is 6.39. The fraction of sp³-hybridized carbons (Fsp3) is 0.375. The Bertz CT molecular complexity index is 1330. The minimum absolute atomic E-state index is 0.233. The maximum atomic E-state index is 13.1. The number of rotatable bonds is 3. The first-order valence-corrected chi connectivity index (χ1v) is 11.7. The van der Waals surface area contributed by atoms with Crippen LogP contribution in [0.5, 0.6) is 0 Å². The number of nitrogens with zero attached hydrogens (tertiary/aromatic N) is 6. The van der Waals surface area contributed by atoms with Crippen molar-refractivity contribution in [3.63, 3.8) is 0 Å². The van der Waals surface area contributed by atoms with Gasteiger partial charge in [0.1, 0.15) is 11.6 Å². The van der Waals surface area contributed by atoms with Crippen LogP contribution in [0, 0.1) is 23.0 Å². The molecule has 0 bridgehead atoms. The third kappa shape index (κ3) is 5.03. The number of aromatic nitrogens is 4. The highest BCUT2D eigenvalue weighted by atomic mass is 19.1. The van der Waals surface area contributed by atoms with Gasteiger partial charge in [0.05, 0.1) is 23.6 Å². The number of piperazine rings is 2. The van der Waals surface area contributed by atoms with Crippen LogP contribution in [-0.4, -0.2) is 84.2 Å². The van der Waals surface area contributed by atoms with Gasteiger partial charge in [0.15, 0.2) is 11.6 Å². The first-order chi connectivity index (χ1) is 17.1. The van der Waals surface area contributed by atoms with Gasteiger partial charge in [-0.2, -0.15) is 15.5 Å². The Balaban J connectivity index is 0.000000147. The highest BCUT2D eigenvalue weighted by Crippen LogP contribution is 2.26. The molecule has 9 nitrogen and oxygen atoms in total. The van der Waals surface area contributed by atoms with E-state index in [0.29, 0.717) is 6.54 Å². The van der Waals surface area contributed by atoms with Gasteiger partial charge in [0, 0.05) is 63.1 Å². The van der Waals surface area contributed by atoms with Gasteiger partial charge in [-0.25, -0.2) is 8.78 Å². The van der Waals surface area contributed by atoms with Crippen molar-refractivity contribution in [1.82, 2.24) is 30.6 Å². The quantitative estimate of drug-likeness (QED) is 0.388. The van der Waals surface area contributed by atoms with Gasteiger partial charge in [-0.05, 0) is 36.4 Å². The smallest absolute Gasteiger partial charge is 0.158 e. The third-order valence-corrected chi connectivity index (χ3v) is 6.39. The van der Waals surface area contributed by atoms with Crippen molar-refractivity contribution in [1.29, 1.82) is 5.26 Å². The lowest BCUT2D eigenvalue weighted by Gasteiger charge is -2.33. The number of benzene rings is 2. The molecule has 11 heteroatoms. The van der Waals surface area contributed by atoms with Crippen molar-refractivity contribution >= 4 is 33.4 Å². The fourth-order valence-corrected chi connectivity index (χ4v) is 4.53. The molecular weight excluding hydrogens is 452 g/mol. The van der Waals surface area contributed by atoms with Gasteiger partial charge in [-0.3, -0.25) is 15.1 Å². The van der Waals surface area contributed by atoms with Crippen LogP contribution in [0.2, 0.25) is 0 Å². The molecule has 4 heterocycles. The standard InChI is InChI=1S/C13H14FN5.C11H13FN4/c14-10-1-2-11-12(9-10)16-17-13(11)19-7-5-18(4-3-15)6-8-19;12-8-1-2-9-10(7-8)14-15-11(9)16-5-3-13-4-6-16/h1-2,9H,4-8H2,(H,16,17);1-2,7,13H,3-6H2,(H,14,15). The minimum atomic E-state index is -0.262. The molecule has 0 atom stereocenters. The topological polar surface area (TPSA) is 103 Å². The molecule has 2 fully saturated rings. The molecule has 2 aromatic heterocycles. The van der Waals surface area contributed by atoms with Crippen molar-refractivity contribution in [2.24, 2.45) is 0 Å². The molecule has 0 aliphatic carbocycles. The summed E-state index contributed by atoms with van der Waals surface area (Å²) in [6.07, 6.45) is 0. The number of hydrogen-bond donors (Lipinski definition) is 3. The monoisotopic (exact) mass is 479 g/mol. The van der Waals surface area contributed by atoms with E-state index in [9.17, 15) is 8.78 Å². The second-order valence-corrected chi connectivity index (χ2v) is 8.63. The zero-order valence-corrected chi connectivity index (χ0v) is 19.3. The van der Waals surface area contributed by atoms with Crippen LogP contribution in [-0.2, 0) is 0 Å². The van der Waals surface area contributed by atoms with E-state index in [4.69, 9.17) is 5.26 Å². The number of nitrogens with one attached hydrogen (secondary N) is 3. The Morgan fingerprint density at radius 3 is 1.80 bits per heavy atom. The Hall–Kier alpha value is -3.75. The van der Waals surface area contributed by atoms with Crippen LogP contribution in [0.4, 0.5) is 20.4 Å². The number of nitriles is 1. The molecule has 2 aromatic carbocycles. The van der Waals surface area contributed by atoms with Gasteiger partial charge in [-0.15, -0.1) is 0 Å². The van der Waals surface area contributed by atoms with Crippen molar-refractivity contribution < 1.29 is 8.78 Å². The molecule has 2 aliphatic heterocycles. The Kier molecular flexibility index (Phi) is 6.74. The molecule has 3 N–H and O–H groups in total. The largest absolute Gasteiger partial charge is 0.352 e. The Labute approximate surface area is 201 Å². The molecule has 0 spiro atoms. The van der Waals surface area contributed by atoms with Gasteiger partial charge in [0.2, 0.25) is 0 Å². The van der Waals surface area contributed by atoms with E-state index in [1.54, 1.807) is 12.1 Å². The minimum Gasteiger partial charge on any atom is -0.352 e. The van der Waals surface area contributed by atoms with E-state index in [1.165, 1.54) is 24.3 Å². The van der Waals surface area contributed by atoms with E-state index in [-0.39, 0.29) is 11.6 Å². The van der Waals surface area contributed by atoms with Crippen molar-refractivity contribution in [2.75, 3.05) is 68.7 Å². The molecule has 0 unspecified atom stereocenters. The maximum Gasteiger partial charge on any atom is 0.158 e. The number of aromatic amines is 2. The number of anilines is 2. The highest BCUT2D eigenvalue weighted by molar-refractivity contribution is 5.91. The van der Waals surface area contributed by atoms with E-state index >= 15 is 0 Å².